The molecule has 1 fully saturated rings. The van der Waals surface area contributed by atoms with Crippen LogP contribution in [-0.2, 0) is 4.79 Å². The lowest BCUT2D eigenvalue weighted by atomic mass is 9.91. The number of hydrogen-bond acceptors (Lipinski definition) is 3. The number of hydrogen-bond donors (Lipinski definition) is 2. The van der Waals surface area contributed by atoms with Gasteiger partial charge in [-0.1, -0.05) is 30.3 Å². The summed E-state index contributed by atoms with van der Waals surface area (Å²) in [4.78, 5) is 26.0. The number of nitrogens with two attached hydrogens (primary N) is 1. The average Bonchev–Trinajstić information content (AvgIpc) is 2.69. The van der Waals surface area contributed by atoms with Gasteiger partial charge in [-0.2, -0.15) is 0 Å². The molecular formula is C22H27N3O2. The molecule has 1 aliphatic rings. The van der Waals surface area contributed by atoms with Crippen molar-refractivity contribution in [3.8, 4) is 0 Å². The smallest absolute Gasteiger partial charge is 0.250 e. The molecule has 1 saturated heterocycles. The van der Waals surface area contributed by atoms with E-state index in [1.54, 1.807) is 24.3 Å². The van der Waals surface area contributed by atoms with Gasteiger partial charge in [-0.25, -0.2) is 0 Å². The number of carbonyl (C=O) groups excluding carboxylic acids is 2. The first-order valence-electron chi connectivity index (χ1n) is 9.62. The number of para-hydroxylation sites is 2. The highest BCUT2D eigenvalue weighted by Gasteiger charge is 2.19. The highest BCUT2D eigenvalue weighted by atomic mass is 16.2. The molecule has 0 radical (unpaired) electrons. The molecule has 2 amide bonds. The number of nitrogens with one attached hydrogen (secondary N) is 1. The van der Waals surface area contributed by atoms with E-state index in [2.05, 4.69) is 34.5 Å². The number of primary amides is 1. The second kappa shape index (κ2) is 9.21. The Balaban J connectivity index is 1.39. The molecule has 0 saturated carbocycles. The summed E-state index contributed by atoms with van der Waals surface area (Å²) >= 11 is 0. The summed E-state index contributed by atoms with van der Waals surface area (Å²) in [6.45, 7) is 2.15. The van der Waals surface area contributed by atoms with Gasteiger partial charge in [0.25, 0.3) is 5.91 Å². The molecular weight excluding hydrogens is 338 g/mol. The van der Waals surface area contributed by atoms with E-state index < -0.39 is 5.91 Å². The van der Waals surface area contributed by atoms with Gasteiger partial charge in [-0.3, -0.25) is 9.59 Å². The Bertz CT molecular complexity index is 768. The molecule has 5 heteroatoms. The largest absolute Gasteiger partial charge is 0.372 e. The third-order valence-corrected chi connectivity index (χ3v) is 5.22. The Hall–Kier alpha value is -2.82. The van der Waals surface area contributed by atoms with Crippen LogP contribution in [0.1, 0.15) is 42.5 Å². The molecule has 0 aromatic heterocycles. The Morgan fingerprint density at radius 1 is 1.00 bits per heavy atom. The summed E-state index contributed by atoms with van der Waals surface area (Å²) in [5.41, 5.74) is 7.48. The second-order valence-electron chi connectivity index (χ2n) is 7.12. The lowest BCUT2D eigenvalue weighted by Gasteiger charge is -2.33. The van der Waals surface area contributed by atoms with Crippen LogP contribution < -0.4 is 16.0 Å². The van der Waals surface area contributed by atoms with Crippen molar-refractivity contribution in [2.45, 2.75) is 32.1 Å². The lowest BCUT2D eigenvalue weighted by Crippen LogP contribution is -2.33. The van der Waals surface area contributed by atoms with Gasteiger partial charge in [0.15, 0.2) is 0 Å². The normalized spacial score (nSPS) is 14.7. The summed E-state index contributed by atoms with van der Waals surface area (Å²) in [6, 6.07) is 17.4. The first kappa shape index (κ1) is 19.0. The van der Waals surface area contributed by atoms with Crippen molar-refractivity contribution < 1.29 is 9.59 Å². The molecule has 0 spiro atoms. The molecule has 2 aromatic rings. The van der Waals surface area contributed by atoms with Gasteiger partial charge in [0.1, 0.15) is 0 Å². The van der Waals surface area contributed by atoms with Crippen LogP contribution in [0.3, 0.4) is 0 Å². The second-order valence-corrected chi connectivity index (χ2v) is 7.12. The maximum Gasteiger partial charge on any atom is 0.250 e. The number of piperidine rings is 1. The summed E-state index contributed by atoms with van der Waals surface area (Å²) < 4.78 is 0. The summed E-state index contributed by atoms with van der Waals surface area (Å²) in [6.07, 6.45) is 4.72. The maximum absolute atomic E-state index is 12.2. The SMILES string of the molecule is NC(=O)c1ccccc1NC(=O)CCCC1CCN(c2ccccc2)CC1. The minimum atomic E-state index is -0.531. The number of carbonyl (C=O) groups is 2. The molecule has 27 heavy (non-hydrogen) atoms. The van der Waals surface area contributed by atoms with E-state index in [0.717, 1.165) is 25.9 Å². The van der Waals surface area contributed by atoms with Crippen molar-refractivity contribution in [2.24, 2.45) is 11.7 Å². The molecule has 1 aliphatic heterocycles. The third-order valence-electron chi connectivity index (χ3n) is 5.22. The molecule has 0 aliphatic carbocycles. The predicted molar refractivity (Wildman–Crippen MR) is 109 cm³/mol. The molecule has 3 rings (SSSR count). The number of nitrogens with zero attached hydrogens (tertiary/aromatic N) is 1. The van der Waals surface area contributed by atoms with E-state index in [4.69, 9.17) is 5.73 Å². The predicted octanol–water partition coefficient (Wildman–Crippen LogP) is 3.81. The van der Waals surface area contributed by atoms with Crippen molar-refractivity contribution in [1.82, 2.24) is 0 Å². The lowest BCUT2D eigenvalue weighted by molar-refractivity contribution is -0.116. The minimum Gasteiger partial charge on any atom is -0.372 e. The van der Waals surface area contributed by atoms with E-state index >= 15 is 0 Å². The van der Waals surface area contributed by atoms with Crippen molar-refractivity contribution in [1.29, 1.82) is 0 Å². The molecule has 142 valence electrons. The first-order chi connectivity index (χ1) is 13.1. The van der Waals surface area contributed by atoms with Crippen LogP contribution in [0, 0.1) is 5.92 Å². The van der Waals surface area contributed by atoms with Gasteiger partial charge in [-0.15, -0.1) is 0 Å². The topological polar surface area (TPSA) is 75.4 Å². The van der Waals surface area contributed by atoms with Gasteiger partial charge >= 0.3 is 0 Å². The monoisotopic (exact) mass is 365 g/mol. The van der Waals surface area contributed by atoms with Crippen LogP contribution in [0.5, 0.6) is 0 Å². The Morgan fingerprint density at radius 2 is 1.67 bits per heavy atom. The zero-order chi connectivity index (χ0) is 19.1. The van der Waals surface area contributed by atoms with Gasteiger partial charge in [0.05, 0.1) is 11.3 Å². The summed E-state index contributed by atoms with van der Waals surface area (Å²) in [7, 11) is 0. The molecule has 3 N–H and O–H groups in total. The fraction of sp³-hybridized carbons (Fsp3) is 0.364. The van der Waals surface area contributed by atoms with E-state index in [9.17, 15) is 9.59 Å². The Morgan fingerprint density at radius 3 is 2.37 bits per heavy atom. The van der Waals surface area contributed by atoms with Crippen LogP contribution in [-0.4, -0.2) is 24.9 Å². The van der Waals surface area contributed by atoms with E-state index in [1.165, 1.54) is 18.5 Å². The maximum atomic E-state index is 12.2. The highest BCUT2D eigenvalue weighted by Crippen LogP contribution is 2.26. The van der Waals surface area contributed by atoms with Crippen molar-refractivity contribution in [3.05, 3.63) is 60.2 Å². The zero-order valence-electron chi connectivity index (χ0n) is 15.6. The molecule has 5 nitrogen and oxygen atoms in total. The van der Waals surface area contributed by atoms with Crippen LogP contribution >= 0.6 is 0 Å². The molecule has 1 heterocycles. The summed E-state index contributed by atoms with van der Waals surface area (Å²) in [5, 5.41) is 2.81. The number of benzene rings is 2. The standard InChI is InChI=1S/C22H27N3O2/c23-22(27)19-10-4-5-11-20(19)24-21(26)12-6-7-17-13-15-25(16-14-17)18-8-2-1-3-9-18/h1-5,8-11,17H,6-7,12-16H2,(H2,23,27)(H,24,26). The van der Waals surface area contributed by atoms with Crippen LogP contribution in [0.25, 0.3) is 0 Å². The van der Waals surface area contributed by atoms with Crippen LogP contribution in [0.4, 0.5) is 11.4 Å². The van der Waals surface area contributed by atoms with Gasteiger partial charge in [0, 0.05) is 25.2 Å². The van der Waals surface area contributed by atoms with Crippen molar-refractivity contribution in [3.63, 3.8) is 0 Å². The molecule has 0 atom stereocenters. The number of amides is 2. The Kier molecular flexibility index (Phi) is 6.47. The van der Waals surface area contributed by atoms with E-state index in [-0.39, 0.29) is 5.91 Å². The van der Waals surface area contributed by atoms with Gasteiger partial charge in [-0.05, 0) is 55.9 Å². The Labute approximate surface area is 160 Å². The molecule has 0 bridgehead atoms. The quantitative estimate of drug-likeness (QED) is 0.783. The van der Waals surface area contributed by atoms with Crippen LogP contribution in [0.15, 0.2) is 54.6 Å². The minimum absolute atomic E-state index is 0.0644. The fourth-order valence-corrected chi connectivity index (χ4v) is 3.69. The third kappa shape index (κ3) is 5.33. The molecule has 0 unspecified atom stereocenters. The van der Waals surface area contributed by atoms with Crippen molar-refractivity contribution >= 4 is 23.2 Å². The average molecular weight is 365 g/mol. The highest BCUT2D eigenvalue weighted by molar-refractivity contribution is 6.02. The fourth-order valence-electron chi connectivity index (χ4n) is 3.69. The number of rotatable bonds is 7. The van der Waals surface area contributed by atoms with Crippen molar-refractivity contribution in [2.75, 3.05) is 23.3 Å². The number of anilines is 2. The van der Waals surface area contributed by atoms with E-state index in [0.29, 0.717) is 23.6 Å². The van der Waals surface area contributed by atoms with E-state index in [1.807, 2.05) is 6.07 Å². The molecule has 2 aromatic carbocycles. The van der Waals surface area contributed by atoms with Gasteiger partial charge < -0.3 is 16.0 Å². The summed E-state index contributed by atoms with van der Waals surface area (Å²) in [5.74, 6) is 0.0807. The van der Waals surface area contributed by atoms with Crippen LogP contribution in [0.2, 0.25) is 0 Å². The first-order valence-corrected chi connectivity index (χ1v) is 9.62. The zero-order valence-corrected chi connectivity index (χ0v) is 15.6. The van der Waals surface area contributed by atoms with Gasteiger partial charge in [0.2, 0.25) is 5.91 Å².